The van der Waals surface area contributed by atoms with Gasteiger partial charge in [0.25, 0.3) is 5.91 Å². The van der Waals surface area contributed by atoms with E-state index in [2.05, 4.69) is 22.4 Å². The fourth-order valence-electron chi connectivity index (χ4n) is 1.75. The average Bonchev–Trinajstić information content (AvgIpc) is 2.44. The summed E-state index contributed by atoms with van der Waals surface area (Å²) in [5.41, 5.74) is 2.13. The third-order valence-corrected chi connectivity index (χ3v) is 3.18. The smallest absolute Gasteiger partial charge is 0.258 e. The van der Waals surface area contributed by atoms with Crippen LogP contribution in [0.4, 0.5) is 5.69 Å². The van der Waals surface area contributed by atoms with E-state index in [0.717, 1.165) is 12.8 Å². The van der Waals surface area contributed by atoms with E-state index in [4.69, 9.17) is 23.2 Å². The highest BCUT2D eigenvalue weighted by atomic mass is 35.5. The van der Waals surface area contributed by atoms with Gasteiger partial charge in [-0.3, -0.25) is 4.79 Å². The molecule has 1 aromatic heterocycles. The predicted octanol–water partition coefficient (Wildman–Crippen LogP) is 3.99. The Labute approximate surface area is 127 Å². The molecule has 1 N–H and O–H groups in total. The second-order valence-corrected chi connectivity index (χ2v) is 5.02. The topological polar surface area (TPSA) is 54.9 Å². The number of carbonyl (C=O) groups is 1. The van der Waals surface area contributed by atoms with Gasteiger partial charge in [0.1, 0.15) is 0 Å². The van der Waals surface area contributed by atoms with E-state index in [9.17, 15) is 4.79 Å². The van der Waals surface area contributed by atoms with Crippen molar-refractivity contribution in [2.75, 3.05) is 5.32 Å². The molecule has 0 aliphatic heterocycles. The minimum Gasteiger partial charge on any atom is -0.322 e. The van der Waals surface area contributed by atoms with Crippen LogP contribution in [0.5, 0.6) is 0 Å². The van der Waals surface area contributed by atoms with Crippen molar-refractivity contribution in [2.45, 2.75) is 19.8 Å². The van der Waals surface area contributed by atoms with Gasteiger partial charge in [0.2, 0.25) is 0 Å². The van der Waals surface area contributed by atoms with Crippen molar-refractivity contribution in [3.63, 3.8) is 0 Å². The standard InChI is InChI=1S/C14H13Cl2N3O/c1-2-3-9-4-6-10(7-5-9)17-14(20)11-8-12(15)18-19-13(11)16/h4-8H,2-3H2,1H3,(H,17,20). The van der Waals surface area contributed by atoms with Gasteiger partial charge in [0, 0.05) is 5.69 Å². The SMILES string of the molecule is CCCc1ccc(NC(=O)c2cc(Cl)nnc2Cl)cc1. The van der Waals surface area contributed by atoms with Crippen LogP contribution < -0.4 is 5.32 Å². The van der Waals surface area contributed by atoms with Crippen molar-refractivity contribution in [2.24, 2.45) is 0 Å². The van der Waals surface area contributed by atoms with Crippen molar-refractivity contribution in [1.82, 2.24) is 10.2 Å². The number of carbonyl (C=O) groups excluding carboxylic acids is 1. The number of rotatable bonds is 4. The highest BCUT2D eigenvalue weighted by Gasteiger charge is 2.13. The summed E-state index contributed by atoms with van der Waals surface area (Å²) in [5, 5.41) is 10.1. The van der Waals surface area contributed by atoms with Gasteiger partial charge in [-0.1, -0.05) is 48.7 Å². The molecule has 0 unspecified atom stereocenters. The molecule has 1 amide bonds. The van der Waals surface area contributed by atoms with Crippen LogP contribution in [-0.2, 0) is 6.42 Å². The van der Waals surface area contributed by atoms with Crippen LogP contribution in [0.1, 0.15) is 29.3 Å². The van der Waals surface area contributed by atoms with Crippen LogP contribution >= 0.6 is 23.2 Å². The van der Waals surface area contributed by atoms with Crippen LogP contribution in [0.25, 0.3) is 0 Å². The number of anilines is 1. The number of nitrogens with zero attached hydrogens (tertiary/aromatic N) is 2. The summed E-state index contributed by atoms with van der Waals surface area (Å²) < 4.78 is 0. The van der Waals surface area contributed by atoms with Crippen molar-refractivity contribution >= 4 is 34.8 Å². The number of halogens is 2. The summed E-state index contributed by atoms with van der Waals surface area (Å²) in [5.74, 6) is -0.366. The number of benzene rings is 1. The summed E-state index contributed by atoms with van der Waals surface area (Å²) in [7, 11) is 0. The molecular formula is C14H13Cl2N3O. The number of aromatic nitrogens is 2. The van der Waals surface area contributed by atoms with Crippen molar-refractivity contribution in [1.29, 1.82) is 0 Å². The van der Waals surface area contributed by atoms with Gasteiger partial charge in [-0.15, -0.1) is 10.2 Å². The predicted molar refractivity (Wildman–Crippen MR) is 80.4 cm³/mol. The van der Waals surface area contributed by atoms with E-state index < -0.39 is 0 Å². The van der Waals surface area contributed by atoms with Gasteiger partial charge in [0.15, 0.2) is 10.3 Å². The first-order chi connectivity index (χ1) is 9.60. The molecule has 0 aliphatic carbocycles. The van der Waals surface area contributed by atoms with Crippen LogP contribution in [-0.4, -0.2) is 16.1 Å². The average molecular weight is 310 g/mol. The number of amides is 1. The Hall–Kier alpha value is -1.65. The van der Waals surface area contributed by atoms with E-state index in [1.54, 1.807) is 0 Å². The van der Waals surface area contributed by atoms with Gasteiger partial charge < -0.3 is 5.32 Å². The molecule has 6 heteroatoms. The number of hydrogen-bond donors (Lipinski definition) is 1. The first-order valence-corrected chi connectivity index (χ1v) is 6.94. The third-order valence-electron chi connectivity index (χ3n) is 2.71. The minimum atomic E-state index is -0.366. The maximum Gasteiger partial charge on any atom is 0.258 e. The minimum absolute atomic E-state index is 0.0227. The van der Waals surface area contributed by atoms with Crippen LogP contribution in [0, 0.1) is 0 Å². The summed E-state index contributed by atoms with van der Waals surface area (Å²) in [4.78, 5) is 12.1. The quantitative estimate of drug-likeness (QED) is 0.929. The third kappa shape index (κ3) is 3.68. The molecule has 4 nitrogen and oxygen atoms in total. The van der Waals surface area contributed by atoms with Crippen LogP contribution in [0.15, 0.2) is 30.3 Å². The largest absolute Gasteiger partial charge is 0.322 e. The molecule has 0 fully saturated rings. The lowest BCUT2D eigenvalue weighted by Crippen LogP contribution is -2.13. The van der Waals surface area contributed by atoms with Gasteiger partial charge in [-0.25, -0.2) is 0 Å². The Bertz CT molecular complexity index is 614. The molecule has 0 atom stereocenters. The maximum atomic E-state index is 12.1. The maximum absolute atomic E-state index is 12.1. The summed E-state index contributed by atoms with van der Waals surface area (Å²) in [6.07, 6.45) is 2.10. The molecular weight excluding hydrogens is 297 g/mol. The van der Waals surface area contributed by atoms with E-state index in [1.807, 2.05) is 24.3 Å². The summed E-state index contributed by atoms with van der Waals surface area (Å²) >= 11 is 11.5. The Morgan fingerprint density at radius 1 is 1.20 bits per heavy atom. The van der Waals surface area contributed by atoms with E-state index in [1.165, 1.54) is 11.6 Å². The van der Waals surface area contributed by atoms with Crippen LogP contribution in [0.3, 0.4) is 0 Å². The highest BCUT2D eigenvalue weighted by molar-refractivity contribution is 6.34. The molecule has 0 bridgehead atoms. The Kier molecular flexibility index (Phi) is 4.93. The first kappa shape index (κ1) is 14.8. The Morgan fingerprint density at radius 2 is 1.90 bits per heavy atom. The second-order valence-electron chi connectivity index (χ2n) is 4.27. The summed E-state index contributed by atoms with van der Waals surface area (Å²) in [6, 6.07) is 9.06. The first-order valence-electron chi connectivity index (χ1n) is 6.19. The molecule has 0 aliphatic rings. The van der Waals surface area contributed by atoms with E-state index in [0.29, 0.717) is 5.69 Å². The van der Waals surface area contributed by atoms with Crippen molar-refractivity contribution in [3.8, 4) is 0 Å². The molecule has 0 saturated carbocycles. The van der Waals surface area contributed by atoms with E-state index in [-0.39, 0.29) is 21.8 Å². The molecule has 0 saturated heterocycles. The van der Waals surface area contributed by atoms with Gasteiger partial charge >= 0.3 is 0 Å². The zero-order valence-electron chi connectivity index (χ0n) is 10.9. The highest BCUT2D eigenvalue weighted by Crippen LogP contribution is 2.18. The van der Waals surface area contributed by atoms with Gasteiger partial charge in [0.05, 0.1) is 5.56 Å². The monoisotopic (exact) mass is 309 g/mol. The molecule has 1 heterocycles. The van der Waals surface area contributed by atoms with Gasteiger partial charge in [-0.05, 0) is 30.2 Å². The zero-order chi connectivity index (χ0) is 14.5. The fourth-order valence-corrected chi connectivity index (χ4v) is 2.08. The zero-order valence-corrected chi connectivity index (χ0v) is 12.4. The Morgan fingerprint density at radius 3 is 2.55 bits per heavy atom. The molecule has 20 heavy (non-hydrogen) atoms. The molecule has 0 spiro atoms. The molecule has 2 aromatic rings. The molecule has 2 rings (SSSR count). The van der Waals surface area contributed by atoms with E-state index >= 15 is 0 Å². The normalized spacial score (nSPS) is 10.3. The Balaban J connectivity index is 2.13. The fraction of sp³-hybridized carbons (Fsp3) is 0.214. The van der Waals surface area contributed by atoms with Crippen molar-refractivity contribution in [3.05, 3.63) is 51.8 Å². The molecule has 104 valence electrons. The van der Waals surface area contributed by atoms with Crippen molar-refractivity contribution < 1.29 is 4.79 Å². The number of aryl methyl sites for hydroxylation is 1. The van der Waals surface area contributed by atoms with Gasteiger partial charge in [-0.2, -0.15) is 0 Å². The second kappa shape index (κ2) is 6.68. The number of hydrogen-bond acceptors (Lipinski definition) is 3. The lowest BCUT2D eigenvalue weighted by atomic mass is 10.1. The van der Waals surface area contributed by atoms with Crippen LogP contribution in [0.2, 0.25) is 10.3 Å². The molecule has 1 aromatic carbocycles. The number of nitrogens with one attached hydrogen (secondary N) is 1. The molecule has 0 radical (unpaired) electrons. The summed E-state index contributed by atoms with van der Waals surface area (Å²) in [6.45, 7) is 2.12. The lowest BCUT2D eigenvalue weighted by molar-refractivity contribution is 0.102. The lowest BCUT2D eigenvalue weighted by Gasteiger charge is -2.07.